The summed E-state index contributed by atoms with van der Waals surface area (Å²) in [6.07, 6.45) is 4.13. The Morgan fingerprint density at radius 2 is 1.97 bits per heavy atom. The van der Waals surface area contributed by atoms with Crippen LogP contribution in [0, 0.1) is 6.92 Å². The summed E-state index contributed by atoms with van der Waals surface area (Å²) in [5.41, 5.74) is 2.37. The number of pyridine rings is 1. The maximum atomic E-state index is 13.5. The zero-order valence-electron chi connectivity index (χ0n) is 21.7. The fraction of sp³-hybridized carbons (Fsp3) is 0.345. The second-order valence-corrected chi connectivity index (χ2v) is 9.02. The molecule has 4 rings (SSSR count). The van der Waals surface area contributed by atoms with Gasteiger partial charge >= 0.3 is 0 Å². The van der Waals surface area contributed by atoms with Crippen LogP contribution in [0.3, 0.4) is 0 Å². The Hall–Kier alpha value is -3.91. The standard InChI is InChI=1S/C29H34N4O4/c1-5-18-37-22-13-10-12-21(19-22)26-24(27(34)25-20(4)30-23-14-8-9-16-32(23)25)28(35)29(36)33(26)17-11-15-31(6-2)7-3/h5,8-10,12-14,16,19,26,34H,1,6-7,11,15,17-18H2,2-4H3/b27-24+. The highest BCUT2D eigenvalue weighted by Crippen LogP contribution is 2.40. The number of ether oxygens (including phenoxy) is 1. The molecule has 8 nitrogen and oxygen atoms in total. The molecule has 0 aliphatic carbocycles. The summed E-state index contributed by atoms with van der Waals surface area (Å²) in [6.45, 7) is 13.0. The number of ketones is 1. The van der Waals surface area contributed by atoms with Crippen LogP contribution in [0.2, 0.25) is 0 Å². The monoisotopic (exact) mass is 502 g/mol. The van der Waals surface area contributed by atoms with Gasteiger partial charge in [-0.25, -0.2) is 4.98 Å². The van der Waals surface area contributed by atoms with Crippen LogP contribution in [0.4, 0.5) is 0 Å². The van der Waals surface area contributed by atoms with Crippen LogP contribution >= 0.6 is 0 Å². The molecule has 1 aliphatic rings. The van der Waals surface area contributed by atoms with E-state index < -0.39 is 17.7 Å². The second-order valence-electron chi connectivity index (χ2n) is 9.02. The van der Waals surface area contributed by atoms with Crippen molar-refractivity contribution in [2.75, 3.05) is 32.8 Å². The Kier molecular flexibility index (Phi) is 8.08. The topological polar surface area (TPSA) is 87.4 Å². The van der Waals surface area contributed by atoms with Crippen LogP contribution in [0.15, 0.2) is 66.9 Å². The normalized spacial score (nSPS) is 17.2. The molecular formula is C29H34N4O4. The van der Waals surface area contributed by atoms with Crippen LogP contribution in [-0.2, 0) is 9.59 Å². The molecule has 1 atom stereocenters. The Morgan fingerprint density at radius 1 is 1.19 bits per heavy atom. The molecule has 194 valence electrons. The number of hydrogen-bond acceptors (Lipinski definition) is 6. The molecular weight excluding hydrogens is 468 g/mol. The molecule has 37 heavy (non-hydrogen) atoms. The van der Waals surface area contributed by atoms with Gasteiger partial charge in [0.25, 0.3) is 11.7 Å². The highest BCUT2D eigenvalue weighted by Gasteiger charge is 2.46. The summed E-state index contributed by atoms with van der Waals surface area (Å²) in [5.74, 6) is -0.955. The summed E-state index contributed by atoms with van der Waals surface area (Å²) in [6, 6.07) is 12.1. The molecule has 3 heterocycles. The second kappa shape index (κ2) is 11.4. The van der Waals surface area contributed by atoms with Crippen molar-refractivity contribution in [3.63, 3.8) is 0 Å². The van der Waals surface area contributed by atoms with Gasteiger partial charge in [-0.1, -0.05) is 44.7 Å². The predicted molar refractivity (Wildman–Crippen MR) is 143 cm³/mol. The van der Waals surface area contributed by atoms with Gasteiger partial charge in [0.1, 0.15) is 23.7 Å². The first kappa shape index (κ1) is 26.2. The average Bonchev–Trinajstić information content (AvgIpc) is 3.38. The van der Waals surface area contributed by atoms with Gasteiger partial charge in [-0.2, -0.15) is 0 Å². The lowest BCUT2D eigenvalue weighted by Crippen LogP contribution is -2.33. The molecule has 3 aromatic rings. The fourth-order valence-electron chi connectivity index (χ4n) is 4.92. The Labute approximate surface area is 217 Å². The van der Waals surface area contributed by atoms with Crippen molar-refractivity contribution in [1.82, 2.24) is 19.2 Å². The van der Waals surface area contributed by atoms with Crippen molar-refractivity contribution in [2.24, 2.45) is 0 Å². The molecule has 1 unspecified atom stereocenters. The number of aromatic nitrogens is 2. The number of hydrogen-bond donors (Lipinski definition) is 1. The van der Waals surface area contributed by atoms with Gasteiger partial charge in [0.15, 0.2) is 5.76 Å². The number of amides is 1. The van der Waals surface area contributed by atoms with E-state index in [4.69, 9.17) is 4.74 Å². The minimum Gasteiger partial charge on any atom is -0.505 e. The average molecular weight is 503 g/mol. The SMILES string of the molecule is C=CCOc1cccc(C2/C(=C(\O)c3c(C)nc4ccccn34)C(=O)C(=O)N2CCCN(CC)CC)c1. The van der Waals surface area contributed by atoms with Gasteiger partial charge in [-0.05, 0) is 62.8 Å². The molecule has 1 N–H and O–H groups in total. The minimum atomic E-state index is -0.752. The van der Waals surface area contributed by atoms with Crippen molar-refractivity contribution < 1.29 is 19.4 Å². The summed E-state index contributed by atoms with van der Waals surface area (Å²) in [5, 5.41) is 11.6. The maximum Gasteiger partial charge on any atom is 0.295 e. The van der Waals surface area contributed by atoms with Gasteiger partial charge in [-0.15, -0.1) is 0 Å². The molecule has 1 aromatic carbocycles. The Morgan fingerprint density at radius 3 is 2.70 bits per heavy atom. The third-order valence-corrected chi connectivity index (χ3v) is 6.78. The lowest BCUT2D eigenvalue weighted by atomic mass is 9.96. The minimum absolute atomic E-state index is 0.0578. The smallest absolute Gasteiger partial charge is 0.295 e. The van der Waals surface area contributed by atoms with Crippen molar-refractivity contribution in [3.05, 3.63) is 83.8 Å². The lowest BCUT2D eigenvalue weighted by molar-refractivity contribution is -0.140. The van der Waals surface area contributed by atoms with Gasteiger partial charge in [-0.3, -0.25) is 14.0 Å². The predicted octanol–water partition coefficient (Wildman–Crippen LogP) is 4.36. The quantitative estimate of drug-likeness (QED) is 0.181. The van der Waals surface area contributed by atoms with E-state index in [-0.39, 0.29) is 11.3 Å². The number of aryl methyl sites for hydroxylation is 1. The summed E-state index contributed by atoms with van der Waals surface area (Å²) in [4.78, 5) is 35.2. The third kappa shape index (κ3) is 5.15. The van der Waals surface area contributed by atoms with Crippen LogP contribution in [0.25, 0.3) is 11.4 Å². The Balaban J connectivity index is 1.82. The molecule has 0 radical (unpaired) electrons. The van der Waals surface area contributed by atoms with E-state index in [9.17, 15) is 14.7 Å². The number of imidazole rings is 1. The van der Waals surface area contributed by atoms with Crippen molar-refractivity contribution in [1.29, 1.82) is 0 Å². The van der Waals surface area contributed by atoms with Crippen molar-refractivity contribution >= 4 is 23.1 Å². The van der Waals surface area contributed by atoms with Crippen LogP contribution in [-0.4, -0.2) is 68.8 Å². The zero-order valence-corrected chi connectivity index (χ0v) is 21.7. The number of rotatable bonds is 11. The first-order valence-corrected chi connectivity index (χ1v) is 12.7. The number of fused-ring (bicyclic) bond motifs is 1. The zero-order chi connectivity index (χ0) is 26.5. The molecule has 1 fully saturated rings. The first-order chi connectivity index (χ1) is 17.9. The maximum absolute atomic E-state index is 13.5. The van der Waals surface area contributed by atoms with Gasteiger partial charge < -0.3 is 19.6 Å². The first-order valence-electron chi connectivity index (χ1n) is 12.7. The van der Waals surface area contributed by atoms with Crippen molar-refractivity contribution in [2.45, 2.75) is 33.2 Å². The number of Topliss-reactive ketones (excluding diaryl/α,β-unsaturated/α-hetero) is 1. The number of aliphatic hydroxyl groups excluding tert-OH is 1. The van der Waals surface area contributed by atoms with E-state index in [0.717, 1.165) is 19.6 Å². The summed E-state index contributed by atoms with van der Waals surface area (Å²) >= 11 is 0. The fourth-order valence-corrected chi connectivity index (χ4v) is 4.92. The van der Waals surface area contributed by atoms with Crippen LogP contribution in [0.1, 0.15) is 43.3 Å². The van der Waals surface area contributed by atoms with E-state index >= 15 is 0 Å². The summed E-state index contributed by atoms with van der Waals surface area (Å²) < 4.78 is 7.46. The molecule has 1 saturated heterocycles. The van der Waals surface area contributed by atoms with E-state index in [0.29, 0.717) is 47.9 Å². The highest BCUT2D eigenvalue weighted by atomic mass is 16.5. The van der Waals surface area contributed by atoms with Gasteiger partial charge in [0, 0.05) is 12.7 Å². The molecule has 0 bridgehead atoms. The Bertz CT molecular complexity index is 1340. The van der Waals surface area contributed by atoms with Crippen molar-refractivity contribution in [3.8, 4) is 5.75 Å². The molecule has 0 spiro atoms. The summed E-state index contributed by atoms with van der Waals surface area (Å²) in [7, 11) is 0. The largest absolute Gasteiger partial charge is 0.505 e. The van der Waals surface area contributed by atoms with E-state index in [1.807, 2.05) is 42.5 Å². The van der Waals surface area contributed by atoms with Crippen LogP contribution in [0.5, 0.6) is 5.75 Å². The highest BCUT2D eigenvalue weighted by molar-refractivity contribution is 6.46. The third-order valence-electron chi connectivity index (χ3n) is 6.78. The van der Waals surface area contributed by atoms with Gasteiger partial charge in [0.2, 0.25) is 0 Å². The lowest BCUT2D eigenvalue weighted by Gasteiger charge is -2.27. The van der Waals surface area contributed by atoms with E-state index in [2.05, 4.69) is 30.3 Å². The molecule has 8 heteroatoms. The number of benzene rings is 1. The molecule has 1 amide bonds. The number of aliphatic hydroxyl groups is 1. The molecule has 2 aromatic heterocycles. The molecule has 1 aliphatic heterocycles. The number of likely N-dealkylation sites (tertiary alicyclic amines) is 1. The van der Waals surface area contributed by atoms with E-state index in [1.54, 1.807) is 28.5 Å². The molecule has 0 saturated carbocycles. The van der Waals surface area contributed by atoms with E-state index in [1.165, 1.54) is 0 Å². The van der Waals surface area contributed by atoms with Crippen LogP contribution < -0.4 is 4.74 Å². The van der Waals surface area contributed by atoms with Gasteiger partial charge in [0.05, 0.1) is 17.3 Å². The number of carbonyl (C=O) groups is 2. The number of nitrogens with zero attached hydrogens (tertiary/aromatic N) is 4. The number of carbonyl (C=O) groups excluding carboxylic acids is 2.